The van der Waals surface area contributed by atoms with Crippen molar-refractivity contribution in [2.75, 3.05) is 4.72 Å². The molecule has 0 saturated heterocycles. The highest BCUT2D eigenvalue weighted by Gasteiger charge is 2.23. The molecule has 0 amide bonds. The van der Waals surface area contributed by atoms with Crippen LogP contribution in [0.15, 0.2) is 29.2 Å². The third-order valence-electron chi connectivity index (χ3n) is 3.74. The first kappa shape index (κ1) is 16.5. The minimum absolute atomic E-state index is 0.255. The van der Waals surface area contributed by atoms with Crippen LogP contribution in [0.3, 0.4) is 0 Å². The average molecular weight is 321 g/mol. The predicted octanol–water partition coefficient (Wildman–Crippen LogP) is 3.18. The van der Waals surface area contributed by atoms with Crippen molar-refractivity contribution in [3.05, 3.63) is 41.2 Å². The van der Waals surface area contributed by atoms with E-state index in [1.165, 1.54) is 5.56 Å². The monoisotopic (exact) mass is 321 g/mol. The van der Waals surface area contributed by atoms with Gasteiger partial charge in [0, 0.05) is 12.7 Å². The SMILES string of the molecule is CCCCc1ccc(NS(=O)(=O)c2c(C)nn(C)c2C)cc1. The Labute approximate surface area is 132 Å². The Hall–Kier alpha value is -1.82. The second-order valence-electron chi connectivity index (χ2n) is 5.53. The Kier molecular flexibility index (Phi) is 4.90. The molecule has 0 aliphatic rings. The number of hydrogen-bond acceptors (Lipinski definition) is 3. The summed E-state index contributed by atoms with van der Waals surface area (Å²) in [5, 5.41) is 4.16. The van der Waals surface area contributed by atoms with Crippen molar-refractivity contribution in [3.8, 4) is 0 Å². The number of nitrogens with one attached hydrogen (secondary N) is 1. The summed E-state index contributed by atoms with van der Waals surface area (Å²) in [6.07, 6.45) is 3.30. The highest BCUT2D eigenvalue weighted by Crippen LogP contribution is 2.22. The summed E-state index contributed by atoms with van der Waals surface area (Å²) < 4.78 is 29.3. The zero-order valence-corrected chi connectivity index (χ0v) is 14.4. The molecule has 120 valence electrons. The Morgan fingerprint density at radius 3 is 2.32 bits per heavy atom. The standard InChI is InChI=1S/C16H23N3O2S/c1-5-6-7-14-8-10-15(11-9-14)18-22(20,21)16-12(2)17-19(4)13(16)3/h8-11,18H,5-7H2,1-4H3. The molecule has 2 aromatic rings. The van der Waals surface area contributed by atoms with Gasteiger partial charge in [-0.25, -0.2) is 8.42 Å². The number of aromatic nitrogens is 2. The van der Waals surface area contributed by atoms with Gasteiger partial charge in [-0.05, 0) is 44.4 Å². The van der Waals surface area contributed by atoms with Crippen molar-refractivity contribution in [2.24, 2.45) is 7.05 Å². The molecular weight excluding hydrogens is 298 g/mol. The van der Waals surface area contributed by atoms with Gasteiger partial charge in [0.1, 0.15) is 4.90 Å². The van der Waals surface area contributed by atoms with Crippen molar-refractivity contribution >= 4 is 15.7 Å². The van der Waals surface area contributed by atoms with Gasteiger partial charge in [0.2, 0.25) is 0 Å². The van der Waals surface area contributed by atoms with Gasteiger partial charge in [-0.3, -0.25) is 9.40 Å². The maximum atomic E-state index is 12.5. The average Bonchev–Trinajstić information content (AvgIpc) is 2.71. The van der Waals surface area contributed by atoms with Gasteiger partial charge in [-0.15, -0.1) is 0 Å². The first-order valence-electron chi connectivity index (χ1n) is 7.47. The highest BCUT2D eigenvalue weighted by molar-refractivity contribution is 7.92. The normalized spacial score (nSPS) is 11.6. The van der Waals surface area contributed by atoms with Crippen LogP contribution in [0.1, 0.15) is 36.7 Å². The lowest BCUT2D eigenvalue weighted by Crippen LogP contribution is -2.14. The van der Waals surface area contributed by atoms with Gasteiger partial charge >= 0.3 is 0 Å². The molecule has 1 aromatic heterocycles. The number of benzene rings is 1. The minimum Gasteiger partial charge on any atom is -0.280 e. The highest BCUT2D eigenvalue weighted by atomic mass is 32.2. The van der Waals surface area contributed by atoms with E-state index in [1.54, 1.807) is 25.6 Å². The molecule has 0 saturated carbocycles. The summed E-state index contributed by atoms with van der Waals surface area (Å²) in [6, 6.07) is 7.56. The summed E-state index contributed by atoms with van der Waals surface area (Å²) in [5.41, 5.74) is 2.93. The summed E-state index contributed by atoms with van der Waals surface area (Å²) in [5.74, 6) is 0. The van der Waals surface area contributed by atoms with E-state index in [9.17, 15) is 8.42 Å². The zero-order valence-electron chi connectivity index (χ0n) is 13.5. The molecule has 22 heavy (non-hydrogen) atoms. The Balaban J connectivity index is 2.22. The molecule has 6 heteroatoms. The van der Waals surface area contributed by atoms with Crippen LogP contribution in [-0.4, -0.2) is 18.2 Å². The quantitative estimate of drug-likeness (QED) is 0.888. The van der Waals surface area contributed by atoms with Crippen LogP contribution in [0.2, 0.25) is 0 Å². The molecule has 1 aromatic carbocycles. The molecule has 0 atom stereocenters. The number of sulfonamides is 1. The zero-order chi connectivity index (χ0) is 16.3. The summed E-state index contributed by atoms with van der Waals surface area (Å²) in [7, 11) is -1.88. The molecule has 1 heterocycles. The maximum Gasteiger partial charge on any atom is 0.265 e. The molecule has 0 spiro atoms. The molecule has 0 radical (unpaired) electrons. The molecule has 0 bridgehead atoms. The Morgan fingerprint density at radius 1 is 1.18 bits per heavy atom. The maximum absolute atomic E-state index is 12.5. The molecule has 0 fully saturated rings. The van der Waals surface area contributed by atoms with Gasteiger partial charge in [-0.2, -0.15) is 5.10 Å². The Morgan fingerprint density at radius 2 is 1.82 bits per heavy atom. The second kappa shape index (κ2) is 6.52. The van der Waals surface area contributed by atoms with Gasteiger partial charge < -0.3 is 0 Å². The van der Waals surface area contributed by atoms with E-state index >= 15 is 0 Å². The summed E-state index contributed by atoms with van der Waals surface area (Å²) >= 11 is 0. The first-order valence-corrected chi connectivity index (χ1v) is 8.95. The molecule has 0 unspecified atom stereocenters. The van der Waals surface area contributed by atoms with Crippen LogP contribution < -0.4 is 4.72 Å². The molecule has 5 nitrogen and oxygen atoms in total. The molecule has 0 aliphatic carbocycles. The lowest BCUT2D eigenvalue weighted by molar-refractivity contribution is 0.599. The van der Waals surface area contributed by atoms with E-state index in [1.807, 2.05) is 24.3 Å². The molecule has 0 aliphatic heterocycles. The van der Waals surface area contributed by atoms with Gasteiger partial charge in [0.15, 0.2) is 0 Å². The minimum atomic E-state index is -3.62. The van der Waals surface area contributed by atoms with Crippen molar-refractivity contribution in [1.82, 2.24) is 9.78 Å². The lowest BCUT2D eigenvalue weighted by atomic mass is 10.1. The van der Waals surface area contributed by atoms with E-state index in [0.717, 1.165) is 19.3 Å². The van der Waals surface area contributed by atoms with Crippen LogP contribution in [-0.2, 0) is 23.5 Å². The number of rotatable bonds is 6. The largest absolute Gasteiger partial charge is 0.280 e. The van der Waals surface area contributed by atoms with Crippen molar-refractivity contribution < 1.29 is 8.42 Å². The van der Waals surface area contributed by atoms with Crippen LogP contribution >= 0.6 is 0 Å². The number of unbranched alkanes of at least 4 members (excludes halogenated alkanes) is 1. The van der Waals surface area contributed by atoms with Crippen LogP contribution in [0.5, 0.6) is 0 Å². The van der Waals surface area contributed by atoms with E-state index in [0.29, 0.717) is 17.1 Å². The fourth-order valence-corrected chi connectivity index (χ4v) is 3.97. The van der Waals surface area contributed by atoms with Crippen LogP contribution in [0.4, 0.5) is 5.69 Å². The van der Waals surface area contributed by atoms with Crippen LogP contribution in [0.25, 0.3) is 0 Å². The topological polar surface area (TPSA) is 64.0 Å². The van der Waals surface area contributed by atoms with E-state index in [4.69, 9.17) is 0 Å². The number of aryl methyl sites for hydroxylation is 3. The summed E-state index contributed by atoms with van der Waals surface area (Å²) in [4.78, 5) is 0.255. The second-order valence-corrected chi connectivity index (χ2v) is 7.15. The fraction of sp³-hybridized carbons (Fsp3) is 0.438. The smallest absolute Gasteiger partial charge is 0.265 e. The first-order chi connectivity index (χ1) is 10.3. The van der Waals surface area contributed by atoms with Crippen LogP contribution in [0, 0.1) is 13.8 Å². The third kappa shape index (κ3) is 3.50. The van der Waals surface area contributed by atoms with Gasteiger partial charge in [-0.1, -0.05) is 25.5 Å². The van der Waals surface area contributed by atoms with Crippen molar-refractivity contribution in [3.63, 3.8) is 0 Å². The van der Waals surface area contributed by atoms with Gasteiger partial charge in [0.05, 0.1) is 11.4 Å². The third-order valence-corrected chi connectivity index (χ3v) is 5.37. The fourth-order valence-electron chi connectivity index (χ4n) is 2.47. The number of hydrogen-bond donors (Lipinski definition) is 1. The molecular formula is C16H23N3O2S. The predicted molar refractivity (Wildman–Crippen MR) is 88.5 cm³/mol. The summed E-state index contributed by atoms with van der Waals surface area (Å²) in [6.45, 7) is 5.61. The van der Waals surface area contributed by atoms with Crippen molar-refractivity contribution in [2.45, 2.75) is 44.9 Å². The molecule has 2 rings (SSSR count). The van der Waals surface area contributed by atoms with Gasteiger partial charge in [0.25, 0.3) is 10.0 Å². The van der Waals surface area contributed by atoms with E-state index < -0.39 is 10.0 Å². The number of anilines is 1. The lowest BCUT2D eigenvalue weighted by Gasteiger charge is -2.09. The number of nitrogens with zero attached hydrogens (tertiary/aromatic N) is 2. The Bertz CT molecular complexity index is 746. The molecule has 1 N–H and O–H groups in total. The van der Waals surface area contributed by atoms with Crippen molar-refractivity contribution in [1.29, 1.82) is 0 Å². The van der Waals surface area contributed by atoms with E-state index in [2.05, 4.69) is 16.7 Å². The van der Waals surface area contributed by atoms with E-state index in [-0.39, 0.29) is 4.90 Å².